The maximum Gasteiger partial charge on any atom is 0.194 e. The van der Waals surface area contributed by atoms with Gasteiger partial charge in [-0.25, -0.2) is 4.99 Å². The first kappa shape index (κ1) is 22.0. The van der Waals surface area contributed by atoms with Gasteiger partial charge >= 0.3 is 0 Å². The molecular formula is C18H29ClIN7. The first-order valence-corrected chi connectivity index (χ1v) is 9.49. The molecule has 2 heterocycles. The molecule has 3 rings (SSSR count). The summed E-state index contributed by atoms with van der Waals surface area (Å²) in [6.45, 7) is 3.19. The molecule has 2 aromatic heterocycles. The highest BCUT2D eigenvalue weighted by Gasteiger charge is 2.19. The van der Waals surface area contributed by atoms with E-state index in [4.69, 9.17) is 16.6 Å². The third-order valence-corrected chi connectivity index (χ3v) is 5.28. The fourth-order valence-electron chi connectivity index (χ4n) is 3.30. The minimum absolute atomic E-state index is 0. The van der Waals surface area contributed by atoms with E-state index in [2.05, 4.69) is 32.0 Å². The van der Waals surface area contributed by atoms with Crippen molar-refractivity contribution < 1.29 is 0 Å². The van der Waals surface area contributed by atoms with E-state index in [1.54, 1.807) is 0 Å². The van der Waals surface area contributed by atoms with Crippen molar-refractivity contribution in [2.75, 3.05) is 7.05 Å². The topological polar surface area (TPSA) is 63.3 Å². The van der Waals surface area contributed by atoms with Crippen molar-refractivity contribution >= 4 is 41.5 Å². The van der Waals surface area contributed by atoms with Gasteiger partial charge < -0.3 is 19.4 Å². The predicted molar refractivity (Wildman–Crippen MR) is 120 cm³/mol. The number of halogens is 2. The Labute approximate surface area is 183 Å². The van der Waals surface area contributed by atoms with Gasteiger partial charge in [0.1, 0.15) is 12.4 Å². The zero-order chi connectivity index (χ0) is 18.7. The Morgan fingerprint density at radius 3 is 2.59 bits per heavy atom. The third kappa shape index (κ3) is 5.60. The fourth-order valence-corrected chi connectivity index (χ4v) is 3.58. The number of hydrogen-bond donors (Lipinski definition) is 1. The maximum absolute atomic E-state index is 6.12. The Balaban J connectivity index is 0.00000261. The Morgan fingerprint density at radius 1 is 1.33 bits per heavy atom. The number of nitrogens with zero attached hydrogens (tertiary/aromatic N) is 6. The van der Waals surface area contributed by atoms with Crippen LogP contribution < -0.4 is 5.32 Å². The lowest BCUT2D eigenvalue weighted by Gasteiger charge is -2.25. The quantitative estimate of drug-likeness (QED) is 0.385. The average molecular weight is 506 g/mol. The van der Waals surface area contributed by atoms with Crippen molar-refractivity contribution in [3.8, 4) is 0 Å². The standard InChI is InChI=1S/C18H28ClN7.HI/c1-13-22-23-17(26(13)4)10-20-18(21-15-7-5-6-8-15)25(3)12-16-9-14(19)11-24(16)2;/h9,11,15H,5-8,10,12H2,1-4H3,(H,20,21);1H. The van der Waals surface area contributed by atoms with Gasteiger partial charge in [0.2, 0.25) is 0 Å². The molecule has 1 fully saturated rings. The first-order chi connectivity index (χ1) is 12.4. The normalized spacial score (nSPS) is 15.1. The zero-order valence-electron chi connectivity index (χ0n) is 16.4. The molecule has 0 bridgehead atoms. The summed E-state index contributed by atoms with van der Waals surface area (Å²) in [7, 11) is 6.04. The van der Waals surface area contributed by atoms with Gasteiger partial charge in [-0.3, -0.25) is 0 Å². The third-order valence-electron chi connectivity index (χ3n) is 5.08. The van der Waals surface area contributed by atoms with Gasteiger partial charge in [-0.1, -0.05) is 24.4 Å². The molecule has 0 amide bonds. The van der Waals surface area contributed by atoms with Crippen LogP contribution in [0.2, 0.25) is 5.02 Å². The summed E-state index contributed by atoms with van der Waals surface area (Å²) in [5.41, 5.74) is 1.15. The second-order valence-corrected chi connectivity index (χ2v) is 7.54. The van der Waals surface area contributed by atoms with Crippen LogP contribution in [0.3, 0.4) is 0 Å². The summed E-state index contributed by atoms with van der Waals surface area (Å²) in [5, 5.41) is 12.7. The molecule has 0 unspecified atom stereocenters. The van der Waals surface area contributed by atoms with Crippen LogP contribution in [0.25, 0.3) is 0 Å². The lowest BCUT2D eigenvalue weighted by Crippen LogP contribution is -2.43. The minimum Gasteiger partial charge on any atom is -0.353 e. The molecule has 0 aromatic carbocycles. The lowest BCUT2D eigenvalue weighted by molar-refractivity contribution is 0.444. The molecule has 150 valence electrons. The molecule has 7 nitrogen and oxygen atoms in total. The van der Waals surface area contributed by atoms with Gasteiger partial charge in [-0.05, 0) is 25.8 Å². The number of guanidine groups is 1. The van der Waals surface area contributed by atoms with E-state index in [1.165, 1.54) is 25.7 Å². The number of aryl methyl sites for hydroxylation is 2. The smallest absolute Gasteiger partial charge is 0.194 e. The molecule has 0 atom stereocenters. The summed E-state index contributed by atoms with van der Waals surface area (Å²) in [5.74, 6) is 2.66. The van der Waals surface area contributed by atoms with Crippen LogP contribution in [0.5, 0.6) is 0 Å². The lowest BCUT2D eigenvalue weighted by atomic mass is 10.2. The highest BCUT2D eigenvalue weighted by molar-refractivity contribution is 14.0. The van der Waals surface area contributed by atoms with Crippen molar-refractivity contribution in [1.29, 1.82) is 0 Å². The van der Waals surface area contributed by atoms with Gasteiger partial charge in [0.25, 0.3) is 0 Å². The van der Waals surface area contributed by atoms with E-state index in [0.717, 1.165) is 34.9 Å². The van der Waals surface area contributed by atoms with E-state index in [0.29, 0.717) is 12.6 Å². The van der Waals surface area contributed by atoms with Gasteiger partial charge in [0.05, 0.1) is 11.6 Å². The largest absolute Gasteiger partial charge is 0.353 e. The van der Waals surface area contributed by atoms with Crippen molar-refractivity contribution in [3.63, 3.8) is 0 Å². The van der Waals surface area contributed by atoms with Crippen LogP contribution in [-0.2, 0) is 27.2 Å². The van der Waals surface area contributed by atoms with Crippen LogP contribution in [0, 0.1) is 6.92 Å². The SMILES string of the molecule is Cc1nnc(CN=C(NC2CCCC2)N(C)Cc2cc(Cl)cn2C)n1C.I. The minimum atomic E-state index is 0. The monoisotopic (exact) mass is 505 g/mol. The second-order valence-electron chi connectivity index (χ2n) is 7.10. The van der Waals surface area contributed by atoms with Crippen LogP contribution in [0.4, 0.5) is 0 Å². The van der Waals surface area contributed by atoms with Crippen molar-refractivity contribution in [2.24, 2.45) is 19.1 Å². The number of aliphatic imine (C=N–C) groups is 1. The van der Waals surface area contributed by atoms with Gasteiger partial charge in [-0.15, -0.1) is 34.2 Å². The van der Waals surface area contributed by atoms with Crippen LogP contribution in [0.1, 0.15) is 43.0 Å². The van der Waals surface area contributed by atoms with Crippen molar-refractivity contribution in [2.45, 2.75) is 51.7 Å². The summed E-state index contributed by atoms with van der Waals surface area (Å²) < 4.78 is 4.03. The molecule has 1 aliphatic rings. The highest BCUT2D eigenvalue weighted by Crippen LogP contribution is 2.19. The van der Waals surface area contributed by atoms with Crippen LogP contribution in [0.15, 0.2) is 17.3 Å². The van der Waals surface area contributed by atoms with Crippen molar-refractivity contribution in [3.05, 3.63) is 34.6 Å². The summed E-state index contributed by atoms with van der Waals surface area (Å²) in [6.07, 6.45) is 6.89. The predicted octanol–water partition coefficient (Wildman–Crippen LogP) is 3.25. The van der Waals surface area contributed by atoms with E-state index < -0.39 is 0 Å². The van der Waals surface area contributed by atoms with Crippen molar-refractivity contribution in [1.82, 2.24) is 29.5 Å². The molecular weight excluding hydrogens is 477 g/mol. The fraction of sp³-hybridized carbons (Fsp3) is 0.611. The number of hydrogen-bond acceptors (Lipinski definition) is 3. The summed E-state index contributed by atoms with van der Waals surface area (Å²) in [6, 6.07) is 2.49. The molecule has 0 aliphatic heterocycles. The average Bonchev–Trinajstić information content (AvgIpc) is 3.29. The van der Waals surface area contributed by atoms with Gasteiger partial charge in [0.15, 0.2) is 11.8 Å². The van der Waals surface area contributed by atoms with Crippen LogP contribution >= 0.6 is 35.6 Å². The number of aromatic nitrogens is 4. The first-order valence-electron chi connectivity index (χ1n) is 9.11. The molecule has 1 saturated carbocycles. The Hall–Kier alpha value is -1.29. The number of rotatable bonds is 5. The van der Waals surface area contributed by atoms with Crippen LogP contribution in [-0.4, -0.2) is 43.3 Å². The molecule has 0 radical (unpaired) electrons. The zero-order valence-corrected chi connectivity index (χ0v) is 19.5. The van der Waals surface area contributed by atoms with E-state index in [-0.39, 0.29) is 24.0 Å². The molecule has 0 saturated heterocycles. The highest BCUT2D eigenvalue weighted by atomic mass is 127. The summed E-state index contributed by atoms with van der Waals surface area (Å²) in [4.78, 5) is 6.98. The molecule has 27 heavy (non-hydrogen) atoms. The Morgan fingerprint density at radius 2 is 2.04 bits per heavy atom. The molecule has 1 N–H and O–H groups in total. The van der Waals surface area contributed by atoms with Gasteiger partial charge in [0, 0.05) is 39.1 Å². The van der Waals surface area contributed by atoms with E-state index in [1.807, 2.05) is 37.8 Å². The molecule has 1 aliphatic carbocycles. The Bertz CT molecular complexity index is 777. The Kier molecular flexibility index (Phi) is 7.96. The molecule has 0 spiro atoms. The molecule has 2 aromatic rings. The van der Waals surface area contributed by atoms with E-state index in [9.17, 15) is 0 Å². The van der Waals surface area contributed by atoms with Gasteiger partial charge in [-0.2, -0.15) is 0 Å². The second kappa shape index (κ2) is 9.77. The molecule has 9 heteroatoms. The summed E-state index contributed by atoms with van der Waals surface area (Å²) >= 11 is 6.12. The van der Waals surface area contributed by atoms with E-state index >= 15 is 0 Å². The maximum atomic E-state index is 6.12. The number of nitrogens with one attached hydrogen (secondary N) is 1.